The fourth-order valence-electron chi connectivity index (χ4n) is 1.35. The lowest BCUT2D eigenvalue weighted by Gasteiger charge is -2.12. The molecule has 0 spiro atoms. The van der Waals surface area contributed by atoms with Gasteiger partial charge < -0.3 is 0 Å². The number of benzene rings is 1. The Balaban J connectivity index is 2.83. The normalized spacial score (nSPS) is 14.2. The van der Waals surface area contributed by atoms with E-state index in [1.807, 2.05) is 0 Å². The number of sulfonamides is 1. The van der Waals surface area contributed by atoms with Crippen LogP contribution < -0.4 is 4.72 Å². The molecular weight excluding hydrogens is 278 g/mol. The van der Waals surface area contributed by atoms with Gasteiger partial charge in [0.15, 0.2) is 0 Å². The molecule has 1 N–H and O–H groups in total. The van der Waals surface area contributed by atoms with Crippen molar-refractivity contribution in [2.75, 3.05) is 17.2 Å². The molecule has 0 fully saturated rings. The maximum absolute atomic E-state index is 11.0. The predicted molar refractivity (Wildman–Crippen MR) is 69.3 cm³/mol. The van der Waals surface area contributed by atoms with Crippen molar-refractivity contribution in [1.82, 2.24) is 0 Å². The third-order valence-corrected chi connectivity index (χ3v) is 3.25. The van der Waals surface area contributed by atoms with Crippen LogP contribution in [0, 0.1) is 0 Å². The lowest BCUT2D eigenvalue weighted by molar-refractivity contribution is 0.237. The van der Waals surface area contributed by atoms with Gasteiger partial charge in [0, 0.05) is 5.69 Å². The number of anilines is 1. The quantitative estimate of drug-likeness (QED) is 0.821. The van der Waals surface area contributed by atoms with Crippen LogP contribution >= 0.6 is 0 Å². The van der Waals surface area contributed by atoms with Gasteiger partial charge in [-0.05, 0) is 24.6 Å². The molecule has 0 saturated carbocycles. The Morgan fingerprint density at radius 2 is 1.56 bits per heavy atom. The summed E-state index contributed by atoms with van der Waals surface area (Å²) < 4.78 is 51.0. The second kappa shape index (κ2) is 5.25. The summed E-state index contributed by atoms with van der Waals surface area (Å²) in [6.45, 7) is 1.60. The molecule has 0 radical (unpaired) electrons. The summed E-state index contributed by atoms with van der Waals surface area (Å²) in [5.41, 5.74) is 1.05. The van der Waals surface area contributed by atoms with Crippen LogP contribution in [0.5, 0.6) is 0 Å². The molecule has 0 aliphatic rings. The fraction of sp³-hybridized carbons (Fsp3) is 0.400. The van der Waals surface area contributed by atoms with Gasteiger partial charge in [-0.1, -0.05) is 12.1 Å². The average Bonchev–Trinajstić information content (AvgIpc) is 2.13. The summed E-state index contributed by atoms with van der Waals surface area (Å²) in [5.74, 6) is 0. The molecular formula is C10H15NO5S2. The SMILES string of the molecule is CC(OS(C)(=O)=O)c1ccc(NS(C)(=O)=O)cc1. The molecule has 1 rings (SSSR count). The monoisotopic (exact) mass is 293 g/mol. The van der Waals surface area contributed by atoms with Gasteiger partial charge in [-0.25, -0.2) is 8.42 Å². The Bertz CT molecular complexity index is 604. The Morgan fingerprint density at radius 1 is 1.06 bits per heavy atom. The molecule has 0 aliphatic heterocycles. The van der Waals surface area contributed by atoms with E-state index in [9.17, 15) is 16.8 Å². The second-order valence-corrected chi connectivity index (χ2v) is 7.29. The van der Waals surface area contributed by atoms with E-state index in [-0.39, 0.29) is 0 Å². The molecule has 0 aromatic heterocycles. The van der Waals surface area contributed by atoms with E-state index in [1.54, 1.807) is 31.2 Å². The van der Waals surface area contributed by atoms with Crippen LogP contribution in [0.3, 0.4) is 0 Å². The Hall–Kier alpha value is -1.12. The molecule has 0 saturated heterocycles. The van der Waals surface area contributed by atoms with Crippen molar-refractivity contribution in [3.63, 3.8) is 0 Å². The summed E-state index contributed by atoms with van der Waals surface area (Å²) in [6, 6.07) is 6.28. The number of rotatable bonds is 5. The topological polar surface area (TPSA) is 89.5 Å². The van der Waals surface area contributed by atoms with Gasteiger partial charge in [0.1, 0.15) is 0 Å². The summed E-state index contributed by atoms with van der Waals surface area (Å²) in [5, 5.41) is 0. The molecule has 1 aromatic rings. The van der Waals surface area contributed by atoms with Crippen LogP contribution in [0.4, 0.5) is 5.69 Å². The minimum atomic E-state index is -3.52. The van der Waals surface area contributed by atoms with Crippen molar-refractivity contribution < 1.29 is 21.0 Å². The van der Waals surface area contributed by atoms with Crippen LogP contribution in [0.15, 0.2) is 24.3 Å². The maximum Gasteiger partial charge on any atom is 0.264 e. The Morgan fingerprint density at radius 3 is 1.94 bits per heavy atom. The number of hydrogen-bond donors (Lipinski definition) is 1. The minimum Gasteiger partial charge on any atom is -0.284 e. The Labute approximate surface area is 107 Å². The van der Waals surface area contributed by atoms with Crippen LogP contribution in [0.25, 0.3) is 0 Å². The van der Waals surface area contributed by atoms with Crippen LogP contribution in [-0.4, -0.2) is 29.3 Å². The zero-order chi connectivity index (χ0) is 14.0. The highest BCUT2D eigenvalue weighted by Crippen LogP contribution is 2.20. The van der Waals surface area contributed by atoms with Gasteiger partial charge in [0.2, 0.25) is 10.0 Å². The van der Waals surface area contributed by atoms with Gasteiger partial charge in [-0.15, -0.1) is 0 Å². The summed E-state index contributed by atoms with van der Waals surface area (Å²) in [7, 11) is -6.84. The highest BCUT2D eigenvalue weighted by molar-refractivity contribution is 7.92. The largest absolute Gasteiger partial charge is 0.284 e. The van der Waals surface area contributed by atoms with E-state index < -0.39 is 26.2 Å². The van der Waals surface area contributed by atoms with E-state index in [1.165, 1.54) is 0 Å². The number of nitrogens with one attached hydrogen (secondary N) is 1. The first-order valence-electron chi connectivity index (χ1n) is 5.03. The second-order valence-electron chi connectivity index (χ2n) is 3.94. The smallest absolute Gasteiger partial charge is 0.264 e. The maximum atomic E-state index is 11.0. The van der Waals surface area contributed by atoms with Crippen LogP contribution in [0.2, 0.25) is 0 Å². The molecule has 18 heavy (non-hydrogen) atoms. The van der Waals surface area contributed by atoms with Crippen LogP contribution in [0.1, 0.15) is 18.6 Å². The van der Waals surface area contributed by atoms with E-state index in [0.717, 1.165) is 12.5 Å². The van der Waals surface area contributed by atoms with E-state index in [4.69, 9.17) is 4.18 Å². The van der Waals surface area contributed by atoms with Gasteiger partial charge in [0.25, 0.3) is 10.1 Å². The van der Waals surface area contributed by atoms with E-state index >= 15 is 0 Å². The van der Waals surface area contributed by atoms with E-state index in [2.05, 4.69) is 4.72 Å². The Kier molecular flexibility index (Phi) is 4.36. The zero-order valence-corrected chi connectivity index (χ0v) is 11.9. The molecule has 0 amide bonds. The van der Waals surface area contributed by atoms with Crippen molar-refractivity contribution in [1.29, 1.82) is 0 Å². The average molecular weight is 293 g/mol. The lowest BCUT2D eigenvalue weighted by Crippen LogP contribution is -2.10. The first-order chi connectivity index (χ1) is 8.07. The molecule has 1 unspecified atom stereocenters. The molecule has 0 bridgehead atoms. The first kappa shape index (κ1) is 14.9. The number of hydrogen-bond acceptors (Lipinski definition) is 5. The predicted octanol–water partition coefficient (Wildman–Crippen LogP) is 1.10. The molecule has 1 aromatic carbocycles. The van der Waals surface area contributed by atoms with Gasteiger partial charge in [0.05, 0.1) is 18.6 Å². The highest BCUT2D eigenvalue weighted by Gasteiger charge is 2.12. The summed E-state index contributed by atoms with van der Waals surface area (Å²) in [4.78, 5) is 0. The highest BCUT2D eigenvalue weighted by atomic mass is 32.2. The van der Waals surface area contributed by atoms with E-state index in [0.29, 0.717) is 11.3 Å². The van der Waals surface area contributed by atoms with Crippen molar-refractivity contribution in [2.45, 2.75) is 13.0 Å². The molecule has 6 nitrogen and oxygen atoms in total. The van der Waals surface area contributed by atoms with Crippen molar-refractivity contribution in [2.24, 2.45) is 0 Å². The van der Waals surface area contributed by atoms with Crippen molar-refractivity contribution in [3.8, 4) is 0 Å². The fourth-order valence-corrected chi connectivity index (χ4v) is 2.55. The summed E-state index contributed by atoms with van der Waals surface area (Å²) >= 11 is 0. The molecule has 0 heterocycles. The lowest BCUT2D eigenvalue weighted by atomic mass is 10.1. The summed E-state index contributed by atoms with van der Waals surface area (Å²) in [6.07, 6.45) is 1.41. The van der Waals surface area contributed by atoms with Crippen LogP contribution in [-0.2, 0) is 24.3 Å². The molecule has 8 heteroatoms. The minimum absolute atomic E-state index is 0.410. The standard InChI is InChI=1S/C10H15NO5S2/c1-8(16-18(3,14)15)9-4-6-10(7-5-9)11-17(2,12)13/h4-8,11H,1-3H3. The van der Waals surface area contributed by atoms with Gasteiger partial charge in [-0.2, -0.15) is 8.42 Å². The molecule has 0 aliphatic carbocycles. The third kappa shape index (κ3) is 5.48. The van der Waals surface area contributed by atoms with Gasteiger partial charge >= 0.3 is 0 Å². The van der Waals surface area contributed by atoms with Gasteiger partial charge in [-0.3, -0.25) is 8.91 Å². The zero-order valence-electron chi connectivity index (χ0n) is 10.2. The molecule has 102 valence electrons. The third-order valence-electron chi connectivity index (χ3n) is 2.00. The van der Waals surface area contributed by atoms with Crippen molar-refractivity contribution >= 4 is 25.8 Å². The first-order valence-corrected chi connectivity index (χ1v) is 8.73. The van der Waals surface area contributed by atoms with Crippen molar-refractivity contribution in [3.05, 3.63) is 29.8 Å². The molecule has 1 atom stereocenters.